The molecule has 2 heterocycles. The van der Waals surface area contributed by atoms with E-state index < -0.39 is 11.6 Å². The van der Waals surface area contributed by atoms with Crippen LogP contribution in [-0.2, 0) is 27.3 Å². The Morgan fingerprint density at radius 1 is 1.25 bits per heavy atom. The van der Waals surface area contributed by atoms with Gasteiger partial charge in [-0.1, -0.05) is 18.2 Å². The second-order valence-electron chi connectivity index (χ2n) is 7.17. The summed E-state index contributed by atoms with van der Waals surface area (Å²) in [6.07, 6.45) is 4.53. The quantitative estimate of drug-likeness (QED) is 0.791. The number of benzene rings is 1. The third-order valence-electron chi connectivity index (χ3n) is 5.42. The molecule has 4 rings (SSSR count). The minimum atomic E-state index is -0.962. The van der Waals surface area contributed by atoms with Gasteiger partial charge in [0.25, 0.3) is 0 Å². The molecule has 2 aromatic rings. The summed E-state index contributed by atoms with van der Waals surface area (Å²) >= 11 is 0. The molecule has 0 unspecified atom stereocenters. The maximum atomic E-state index is 14.0. The normalized spacial score (nSPS) is 24.2. The van der Waals surface area contributed by atoms with Gasteiger partial charge in [0.15, 0.2) is 11.6 Å². The molecule has 3 atom stereocenters. The van der Waals surface area contributed by atoms with Gasteiger partial charge in [-0.25, -0.2) is 8.78 Å². The number of hydrogen-bond acceptors (Lipinski definition) is 4. The van der Waals surface area contributed by atoms with Gasteiger partial charge < -0.3 is 14.4 Å². The van der Waals surface area contributed by atoms with Gasteiger partial charge in [0.2, 0.25) is 5.91 Å². The molecular weight excluding hydrogens is 366 g/mol. The summed E-state index contributed by atoms with van der Waals surface area (Å²) in [5.41, 5.74) is 1.02. The number of fused-ring (bicyclic) bond motifs is 2. The summed E-state index contributed by atoms with van der Waals surface area (Å²) in [5, 5.41) is 0. The van der Waals surface area contributed by atoms with Crippen molar-refractivity contribution in [1.82, 2.24) is 9.88 Å². The Morgan fingerprint density at radius 3 is 2.96 bits per heavy atom. The number of amides is 1. The van der Waals surface area contributed by atoms with E-state index in [1.54, 1.807) is 17.3 Å². The highest BCUT2D eigenvalue weighted by Gasteiger charge is 2.44. The molecule has 2 bridgehead atoms. The van der Waals surface area contributed by atoms with Crippen molar-refractivity contribution >= 4 is 5.91 Å². The van der Waals surface area contributed by atoms with Crippen molar-refractivity contribution < 1.29 is 23.0 Å². The maximum Gasteiger partial charge on any atom is 0.227 e. The van der Waals surface area contributed by atoms with Gasteiger partial charge in [0.1, 0.15) is 6.10 Å². The van der Waals surface area contributed by atoms with Crippen molar-refractivity contribution in [2.75, 3.05) is 13.2 Å². The molecule has 1 aromatic carbocycles. The minimum Gasteiger partial charge on any atom is -0.374 e. The van der Waals surface area contributed by atoms with E-state index in [1.807, 2.05) is 12.1 Å². The van der Waals surface area contributed by atoms with E-state index in [9.17, 15) is 13.6 Å². The molecule has 1 aliphatic carbocycles. The lowest BCUT2D eigenvalue weighted by atomic mass is 10.1. The van der Waals surface area contributed by atoms with Gasteiger partial charge >= 0.3 is 0 Å². The SMILES string of the molecule is O=C(Cc1cccc(F)c1F)N1CCO[C@H]2CC[C@H]1[C@@H]2OCc1cccnc1. The van der Waals surface area contributed by atoms with E-state index >= 15 is 0 Å². The van der Waals surface area contributed by atoms with Crippen molar-refractivity contribution in [3.63, 3.8) is 0 Å². The molecule has 1 aliphatic heterocycles. The zero-order valence-corrected chi connectivity index (χ0v) is 15.4. The van der Waals surface area contributed by atoms with Crippen molar-refractivity contribution in [2.24, 2.45) is 0 Å². The predicted molar refractivity (Wildman–Crippen MR) is 97.4 cm³/mol. The van der Waals surface area contributed by atoms with Crippen LogP contribution in [0.1, 0.15) is 24.0 Å². The Hall–Kier alpha value is -2.38. The molecule has 1 saturated heterocycles. The molecule has 28 heavy (non-hydrogen) atoms. The fourth-order valence-electron chi connectivity index (χ4n) is 4.04. The number of ether oxygens (including phenoxy) is 2. The van der Waals surface area contributed by atoms with E-state index in [4.69, 9.17) is 9.47 Å². The number of carbonyl (C=O) groups is 1. The number of rotatable bonds is 5. The largest absolute Gasteiger partial charge is 0.374 e. The van der Waals surface area contributed by atoms with Gasteiger partial charge in [0.05, 0.1) is 31.8 Å². The fourth-order valence-corrected chi connectivity index (χ4v) is 4.04. The van der Waals surface area contributed by atoms with Gasteiger partial charge in [-0.3, -0.25) is 9.78 Å². The summed E-state index contributed by atoms with van der Waals surface area (Å²) < 4.78 is 39.5. The molecule has 1 saturated carbocycles. The van der Waals surface area contributed by atoms with Gasteiger partial charge in [-0.05, 0) is 30.5 Å². The van der Waals surface area contributed by atoms with Gasteiger partial charge in [-0.2, -0.15) is 0 Å². The lowest BCUT2D eigenvalue weighted by molar-refractivity contribution is -0.135. The summed E-state index contributed by atoms with van der Waals surface area (Å²) in [7, 11) is 0. The summed E-state index contributed by atoms with van der Waals surface area (Å²) in [4.78, 5) is 18.7. The van der Waals surface area contributed by atoms with E-state index in [0.717, 1.165) is 24.5 Å². The zero-order chi connectivity index (χ0) is 19.5. The first-order valence-corrected chi connectivity index (χ1v) is 9.48. The second-order valence-corrected chi connectivity index (χ2v) is 7.17. The van der Waals surface area contributed by atoms with Crippen LogP contribution in [0.2, 0.25) is 0 Å². The molecule has 0 radical (unpaired) electrons. The lowest BCUT2D eigenvalue weighted by Crippen LogP contribution is -2.47. The van der Waals surface area contributed by atoms with Crippen LogP contribution in [0.4, 0.5) is 8.78 Å². The zero-order valence-electron chi connectivity index (χ0n) is 15.4. The summed E-state index contributed by atoms with van der Waals surface area (Å²) in [6, 6.07) is 7.56. The van der Waals surface area contributed by atoms with Crippen molar-refractivity contribution in [1.29, 1.82) is 0 Å². The fraction of sp³-hybridized carbons (Fsp3) is 0.429. The summed E-state index contributed by atoms with van der Waals surface area (Å²) in [5.74, 6) is -2.14. The number of hydrogen-bond donors (Lipinski definition) is 0. The predicted octanol–water partition coefficient (Wildman–Crippen LogP) is 2.88. The van der Waals surface area contributed by atoms with Gasteiger partial charge in [-0.15, -0.1) is 0 Å². The molecule has 148 valence electrons. The van der Waals surface area contributed by atoms with Crippen LogP contribution in [0.15, 0.2) is 42.7 Å². The Balaban J connectivity index is 1.47. The first-order chi connectivity index (χ1) is 13.6. The molecular formula is C21H22F2N2O3. The third kappa shape index (κ3) is 3.91. The van der Waals surface area contributed by atoms with Crippen LogP contribution in [0.25, 0.3) is 0 Å². The van der Waals surface area contributed by atoms with E-state index in [0.29, 0.717) is 19.8 Å². The van der Waals surface area contributed by atoms with Crippen LogP contribution in [0.5, 0.6) is 0 Å². The third-order valence-corrected chi connectivity index (χ3v) is 5.42. The molecule has 1 amide bonds. The number of halogens is 2. The van der Waals surface area contributed by atoms with Crippen LogP contribution < -0.4 is 0 Å². The highest BCUT2D eigenvalue weighted by atomic mass is 19.2. The summed E-state index contributed by atoms with van der Waals surface area (Å²) in [6.45, 7) is 1.21. The van der Waals surface area contributed by atoms with Crippen LogP contribution in [0, 0.1) is 11.6 Å². The molecule has 2 fully saturated rings. The number of pyridine rings is 1. The van der Waals surface area contributed by atoms with Crippen molar-refractivity contribution in [3.8, 4) is 0 Å². The van der Waals surface area contributed by atoms with Crippen LogP contribution in [0.3, 0.4) is 0 Å². The molecule has 5 nitrogen and oxygen atoms in total. The standard InChI is InChI=1S/C21H22F2N2O3/c22-16-5-1-4-15(20(16)23)11-19(26)25-9-10-27-18-7-6-17(25)21(18)28-13-14-3-2-8-24-12-14/h1-5,8,12,17-18,21H,6-7,9-11,13H2/t17-,18-,21-/m0/s1. The highest BCUT2D eigenvalue weighted by molar-refractivity contribution is 5.79. The van der Waals surface area contributed by atoms with Crippen LogP contribution >= 0.6 is 0 Å². The number of aromatic nitrogens is 1. The molecule has 1 aromatic heterocycles. The van der Waals surface area contributed by atoms with E-state index in [1.165, 1.54) is 12.1 Å². The average Bonchev–Trinajstić information content (AvgIpc) is 2.99. The monoisotopic (exact) mass is 388 g/mol. The molecule has 2 aliphatic rings. The highest BCUT2D eigenvalue weighted by Crippen LogP contribution is 2.33. The van der Waals surface area contributed by atoms with Gasteiger partial charge in [0, 0.05) is 24.5 Å². The number of nitrogens with zero attached hydrogens (tertiary/aromatic N) is 2. The molecule has 0 spiro atoms. The van der Waals surface area contributed by atoms with Crippen molar-refractivity contribution in [3.05, 3.63) is 65.5 Å². The molecule has 7 heteroatoms. The van der Waals surface area contributed by atoms with Crippen LogP contribution in [-0.4, -0.2) is 47.2 Å². The Morgan fingerprint density at radius 2 is 2.14 bits per heavy atom. The lowest BCUT2D eigenvalue weighted by Gasteiger charge is -2.31. The Kier molecular flexibility index (Phi) is 5.64. The minimum absolute atomic E-state index is 0.0645. The Labute approximate surface area is 162 Å². The van der Waals surface area contributed by atoms with E-state index in [-0.39, 0.29) is 36.1 Å². The second kappa shape index (κ2) is 8.32. The smallest absolute Gasteiger partial charge is 0.227 e. The topological polar surface area (TPSA) is 51.7 Å². The van der Waals surface area contributed by atoms with E-state index in [2.05, 4.69) is 4.98 Å². The first kappa shape index (κ1) is 19.0. The number of carbonyl (C=O) groups excluding carboxylic acids is 1. The maximum absolute atomic E-state index is 14.0. The Bertz CT molecular complexity index is 834. The first-order valence-electron chi connectivity index (χ1n) is 9.48. The molecule has 0 N–H and O–H groups in total. The van der Waals surface area contributed by atoms with Crippen molar-refractivity contribution in [2.45, 2.75) is 44.1 Å². The average molecular weight is 388 g/mol.